The summed E-state index contributed by atoms with van der Waals surface area (Å²) in [5, 5.41) is 2.25. The number of aromatic nitrogens is 1. The second-order valence-electron chi connectivity index (χ2n) is 4.05. The molecule has 0 saturated heterocycles. The molecule has 0 radical (unpaired) electrons. The number of H-pyrrole nitrogens is 1. The van der Waals surface area contributed by atoms with Crippen molar-refractivity contribution in [3.05, 3.63) is 39.2 Å². The summed E-state index contributed by atoms with van der Waals surface area (Å²) < 4.78 is 4.83. The van der Waals surface area contributed by atoms with E-state index in [1.54, 1.807) is 0 Å². The van der Waals surface area contributed by atoms with Crippen LogP contribution in [0.2, 0.25) is 0 Å². The number of aryl methyl sites for hydroxylation is 3. The highest BCUT2D eigenvalue weighted by Gasteiger charge is 2.16. The average molecular weight is 218 g/mol. The minimum Gasteiger partial charge on any atom is -0.367 e. The van der Waals surface area contributed by atoms with Crippen molar-refractivity contribution in [1.29, 1.82) is 0 Å². The first-order chi connectivity index (χ1) is 7.50. The maximum Gasteiger partial charge on any atom is 0.290 e. The third-order valence-electron chi connectivity index (χ3n) is 2.65. The molecule has 4 heteroatoms. The molecule has 0 atom stereocenters. The van der Waals surface area contributed by atoms with Crippen molar-refractivity contribution in [2.24, 2.45) is 0 Å². The number of nitrogen functional groups attached to an aromatic ring is 1. The molecule has 2 rings (SSSR count). The molecule has 0 fully saturated rings. The van der Waals surface area contributed by atoms with Crippen LogP contribution >= 0.6 is 0 Å². The second-order valence-corrected chi connectivity index (χ2v) is 4.05. The van der Waals surface area contributed by atoms with Gasteiger partial charge < -0.3 is 10.3 Å². The van der Waals surface area contributed by atoms with E-state index in [9.17, 15) is 4.79 Å². The lowest BCUT2D eigenvalue weighted by atomic mass is 9.95. The molecule has 0 bridgehead atoms. The van der Waals surface area contributed by atoms with Crippen LogP contribution in [0.1, 0.15) is 16.7 Å². The van der Waals surface area contributed by atoms with Gasteiger partial charge in [-0.1, -0.05) is 17.7 Å². The van der Waals surface area contributed by atoms with Crippen LogP contribution in [-0.4, -0.2) is 5.16 Å². The number of benzene rings is 1. The maximum absolute atomic E-state index is 11.6. The molecule has 0 aliphatic rings. The quantitative estimate of drug-likeness (QED) is 0.770. The zero-order valence-electron chi connectivity index (χ0n) is 9.55. The second kappa shape index (κ2) is 3.56. The van der Waals surface area contributed by atoms with Crippen LogP contribution in [-0.2, 0) is 0 Å². The fourth-order valence-electron chi connectivity index (χ4n) is 2.13. The standard InChI is InChI=1S/C12H14N2O2/c1-6-4-7(2)9(8(3)5-6)10-11(13)16-14-12(10)15/h4-5H,13H2,1-3H3,(H,14,15). The molecule has 16 heavy (non-hydrogen) atoms. The Bertz CT molecular complexity index is 570. The zero-order chi connectivity index (χ0) is 11.9. The van der Waals surface area contributed by atoms with E-state index in [1.165, 1.54) is 0 Å². The van der Waals surface area contributed by atoms with Gasteiger partial charge in [-0.2, -0.15) is 5.16 Å². The van der Waals surface area contributed by atoms with Crippen LogP contribution in [0.5, 0.6) is 0 Å². The van der Waals surface area contributed by atoms with Crippen LogP contribution in [0.3, 0.4) is 0 Å². The van der Waals surface area contributed by atoms with E-state index < -0.39 is 0 Å². The van der Waals surface area contributed by atoms with Gasteiger partial charge in [0.25, 0.3) is 5.56 Å². The monoisotopic (exact) mass is 218 g/mol. The van der Waals surface area contributed by atoms with E-state index in [-0.39, 0.29) is 11.4 Å². The number of hydrogen-bond donors (Lipinski definition) is 2. The van der Waals surface area contributed by atoms with Crippen molar-refractivity contribution in [3.63, 3.8) is 0 Å². The van der Waals surface area contributed by atoms with Gasteiger partial charge in [0, 0.05) is 0 Å². The Hall–Kier alpha value is -1.97. The van der Waals surface area contributed by atoms with Crippen molar-refractivity contribution < 1.29 is 4.52 Å². The molecular formula is C12H14N2O2. The lowest BCUT2D eigenvalue weighted by Crippen LogP contribution is -2.05. The number of anilines is 1. The minimum absolute atomic E-state index is 0.139. The number of nitrogens with one attached hydrogen (secondary N) is 1. The van der Waals surface area contributed by atoms with E-state index in [0.717, 1.165) is 22.3 Å². The molecule has 0 amide bonds. The molecule has 1 aromatic carbocycles. The van der Waals surface area contributed by atoms with Crippen LogP contribution in [0.25, 0.3) is 11.1 Å². The van der Waals surface area contributed by atoms with E-state index in [1.807, 2.05) is 32.9 Å². The van der Waals surface area contributed by atoms with Gasteiger partial charge in [-0.3, -0.25) is 4.79 Å². The molecule has 1 aromatic heterocycles. The number of aromatic amines is 1. The average Bonchev–Trinajstić information content (AvgIpc) is 2.47. The third kappa shape index (κ3) is 1.52. The Morgan fingerprint density at radius 1 is 1.12 bits per heavy atom. The molecule has 3 N–H and O–H groups in total. The fourth-order valence-corrected chi connectivity index (χ4v) is 2.13. The lowest BCUT2D eigenvalue weighted by Gasteiger charge is -2.08. The highest BCUT2D eigenvalue weighted by atomic mass is 16.5. The van der Waals surface area contributed by atoms with Crippen LogP contribution in [0.15, 0.2) is 21.5 Å². The first-order valence-electron chi connectivity index (χ1n) is 5.06. The summed E-state index contributed by atoms with van der Waals surface area (Å²) in [6.45, 7) is 5.94. The summed E-state index contributed by atoms with van der Waals surface area (Å²) in [5.41, 5.74) is 9.86. The van der Waals surface area contributed by atoms with Crippen molar-refractivity contribution in [2.75, 3.05) is 5.73 Å². The molecule has 0 aliphatic carbocycles. The van der Waals surface area contributed by atoms with Gasteiger partial charge in [0.15, 0.2) is 0 Å². The van der Waals surface area contributed by atoms with Gasteiger partial charge in [0.2, 0.25) is 5.88 Å². The number of nitrogens with two attached hydrogens (primary N) is 1. The third-order valence-corrected chi connectivity index (χ3v) is 2.65. The Morgan fingerprint density at radius 3 is 2.12 bits per heavy atom. The molecule has 84 valence electrons. The van der Waals surface area contributed by atoms with Gasteiger partial charge in [0.05, 0.1) is 0 Å². The normalized spacial score (nSPS) is 10.7. The first-order valence-corrected chi connectivity index (χ1v) is 5.06. The van der Waals surface area contributed by atoms with Crippen LogP contribution in [0, 0.1) is 20.8 Å². The molecule has 0 aliphatic heterocycles. The lowest BCUT2D eigenvalue weighted by molar-refractivity contribution is 0.430. The smallest absolute Gasteiger partial charge is 0.290 e. The molecule has 4 nitrogen and oxygen atoms in total. The van der Waals surface area contributed by atoms with Gasteiger partial charge in [0.1, 0.15) is 5.56 Å². The highest BCUT2D eigenvalue weighted by Crippen LogP contribution is 2.29. The highest BCUT2D eigenvalue weighted by molar-refractivity contribution is 5.77. The fraction of sp³-hybridized carbons (Fsp3) is 0.250. The SMILES string of the molecule is Cc1cc(C)c(-c2c(N)o[nH]c2=O)c(C)c1. The molecule has 0 unspecified atom stereocenters. The van der Waals surface area contributed by atoms with Crippen molar-refractivity contribution in [1.82, 2.24) is 5.16 Å². The molecule has 1 heterocycles. The Labute approximate surface area is 93.1 Å². The number of hydrogen-bond acceptors (Lipinski definition) is 3. The van der Waals surface area contributed by atoms with Crippen LogP contribution in [0.4, 0.5) is 5.88 Å². The minimum atomic E-state index is -0.285. The molecular weight excluding hydrogens is 204 g/mol. The van der Waals surface area contributed by atoms with Gasteiger partial charge in [-0.05, 0) is 37.5 Å². The summed E-state index contributed by atoms with van der Waals surface area (Å²) in [6.07, 6.45) is 0. The largest absolute Gasteiger partial charge is 0.367 e. The van der Waals surface area contributed by atoms with Crippen LogP contribution < -0.4 is 11.3 Å². The van der Waals surface area contributed by atoms with Crippen molar-refractivity contribution >= 4 is 5.88 Å². The van der Waals surface area contributed by atoms with E-state index >= 15 is 0 Å². The van der Waals surface area contributed by atoms with Gasteiger partial charge in [-0.15, -0.1) is 0 Å². The van der Waals surface area contributed by atoms with Crippen molar-refractivity contribution in [2.45, 2.75) is 20.8 Å². The van der Waals surface area contributed by atoms with E-state index in [4.69, 9.17) is 10.3 Å². The van der Waals surface area contributed by atoms with Gasteiger partial charge in [-0.25, -0.2) is 0 Å². The molecule has 0 spiro atoms. The summed E-state index contributed by atoms with van der Waals surface area (Å²) in [6, 6.07) is 4.04. The molecule has 2 aromatic rings. The summed E-state index contributed by atoms with van der Waals surface area (Å²) in [5.74, 6) is 0.139. The predicted octanol–water partition coefficient (Wildman–Crippen LogP) is 2.14. The van der Waals surface area contributed by atoms with E-state index in [0.29, 0.717) is 5.56 Å². The summed E-state index contributed by atoms with van der Waals surface area (Å²) >= 11 is 0. The zero-order valence-corrected chi connectivity index (χ0v) is 9.55. The summed E-state index contributed by atoms with van der Waals surface area (Å²) in [7, 11) is 0. The topological polar surface area (TPSA) is 72.0 Å². The maximum atomic E-state index is 11.6. The van der Waals surface area contributed by atoms with E-state index in [2.05, 4.69) is 5.16 Å². The Kier molecular flexibility index (Phi) is 2.34. The Morgan fingerprint density at radius 2 is 1.69 bits per heavy atom. The number of rotatable bonds is 1. The summed E-state index contributed by atoms with van der Waals surface area (Å²) in [4.78, 5) is 11.6. The molecule has 0 saturated carbocycles. The van der Waals surface area contributed by atoms with Gasteiger partial charge >= 0.3 is 0 Å². The Balaban J connectivity index is 2.79. The van der Waals surface area contributed by atoms with Crippen molar-refractivity contribution in [3.8, 4) is 11.1 Å². The first kappa shape index (κ1) is 10.5. The predicted molar refractivity (Wildman–Crippen MR) is 63.4 cm³/mol.